The van der Waals surface area contributed by atoms with Gasteiger partial charge in [-0.05, 0) is 42.8 Å². The van der Waals surface area contributed by atoms with Crippen LogP contribution in [0.1, 0.15) is 22.8 Å². The van der Waals surface area contributed by atoms with E-state index in [0.717, 1.165) is 5.56 Å². The van der Waals surface area contributed by atoms with E-state index < -0.39 is 0 Å². The van der Waals surface area contributed by atoms with E-state index in [2.05, 4.69) is 5.32 Å². The Morgan fingerprint density at radius 1 is 1.23 bits per heavy atom. The van der Waals surface area contributed by atoms with E-state index in [1.54, 1.807) is 41.3 Å². The fraction of sp³-hybridized carbons (Fsp3) is 0.300. The van der Waals surface area contributed by atoms with E-state index in [1.807, 2.05) is 19.1 Å². The third-order valence-electron chi connectivity index (χ3n) is 4.28. The van der Waals surface area contributed by atoms with E-state index in [4.69, 9.17) is 16.3 Å². The fourth-order valence-corrected chi connectivity index (χ4v) is 3.18. The van der Waals surface area contributed by atoms with Crippen molar-refractivity contribution < 1.29 is 14.3 Å². The number of benzene rings is 2. The van der Waals surface area contributed by atoms with Crippen LogP contribution < -0.4 is 5.32 Å². The molecule has 1 unspecified atom stereocenters. The normalized spacial score (nSPS) is 17.0. The second-order valence-electron chi connectivity index (χ2n) is 6.36. The van der Waals surface area contributed by atoms with Crippen molar-refractivity contribution in [2.75, 3.05) is 25.1 Å². The molecule has 2 aromatic carbocycles. The number of ether oxygens (including phenoxy) is 1. The van der Waals surface area contributed by atoms with Gasteiger partial charge in [0.05, 0.1) is 25.7 Å². The minimum absolute atomic E-state index is 0.0392. The van der Waals surface area contributed by atoms with Crippen LogP contribution >= 0.6 is 11.6 Å². The zero-order valence-corrected chi connectivity index (χ0v) is 15.3. The van der Waals surface area contributed by atoms with E-state index in [9.17, 15) is 9.59 Å². The lowest BCUT2D eigenvalue weighted by Crippen LogP contribution is -2.47. The average molecular weight is 373 g/mol. The van der Waals surface area contributed by atoms with Crippen molar-refractivity contribution in [3.8, 4) is 0 Å². The molecule has 1 N–H and O–H groups in total. The zero-order valence-electron chi connectivity index (χ0n) is 14.6. The maximum absolute atomic E-state index is 12.7. The Bertz CT molecular complexity index is 809. The quantitative estimate of drug-likeness (QED) is 0.895. The number of hydrogen-bond acceptors (Lipinski definition) is 3. The number of halogens is 1. The van der Waals surface area contributed by atoms with Gasteiger partial charge in [-0.2, -0.15) is 0 Å². The first-order valence-electron chi connectivity index (χ1n) is 8.56. The molecule has 1 aliphatic heterocycles. The number of nitrogens with zero attached hydrogens (tertiary/aromatic N) is 1. The molecule has 26 heavy (non-hydrogen) atoms. The summed E-state index contributed by atoms with van der Waals surface area (Å²) in [5, 5.41) is 3.44. The first kappa shape index (κ1) is 18.4. The highest BCUT2D eigenvalue weighted by molar-refractivity contribution is 6.30. The number of nitrogens with one attached hydrogen (secondary N) is 1. The Balaban J connectivity index is 1.67. The van der Waals surface area contributed by atoms with Gasteiger partial charge in [-0.15, -0.1) is 0 Å². The van der Waals surface area contributed by atoms with Crippen LogP contribution in [0.3, 0.4) is 0 Å². The van der Waals surface area contributed by atoms with Crippen molar-refractivity contribution in [3.05, 3.63) is 64.7 Å². The molecular formula is C20H21ClN2O3. The topological polar surface area (TPSA) is 58.6 Å². The number of anilines is 1. The number of morpholine rings is 1. The summed E-state index contributed by atoms with van der Waals surface area (Å²) in [7, 11) is 0. The van der Waals surface area contributed by atoms with Crippen LogP contribution in [0.15, 0.2) is 48.5 Å². The maximum atomic E-state index is 12.7. The molecule has 3 rings (SSSR count). The minimum Gasteiger partial charge on any atom is -0.377 e. The molecule has 5 nitrogen and oxygen atoms in total. The highest BCUT2D eigenvalue weighted by Crippen LogP contribution is 2.17. The Morgan fingerprint density at radius 2 is 2.04 bits per heavy atom. The highest BCUT2D eigenvalue weighted by Gasteiger charge is 2.24. The van der Waals surface area contributed by atoms with Crippen molar-refractivity contribution in [1.29, 1.82) is 0 Å². The fourth-order valence-electron chi connectivity index (χ4n) is 2.96. The number of amides is 2. The van der Waals surface area contributed by atoms with E-state index in [-0.39, 0.29) is 24.3 Å². The molecular weight excluding hydrogens is 352 g/mol. The van der Waals surface area contributed by atoms with Crippen LogP contribution in [-0.2, 0) is 16.0 Å². The summed E-state index contributed by atoms with van der Waals surface area (Å²) in [5.41, 5.74) is 1.99. The monoisotopic (exact) mass is 372 g/mol. The van der Waals surface area contributed by atoms with Crippen molar-refractivity contribution in [2.45, 2.75) is 19.4 Å². The van der Waals surface area contributed by atoms with Gasteiger partial charge < -0.3 is 15.0 Å². The van der Waals surface area contributed by atoms with Crippen LogP contribution in [0.25, 0.3) is 0 Å². The molecule has 1 aliphatic rings. The Labute approximate surface area is 157 Å². The molecule has 1 fully saturated rings. The molecule has 2 aromatic rings. The largest absolute Gasteiger partial charge is 0.377 e. The van der Waals surface area contributed by atoms with E-state index >= 15 is 0 Å². The van der Waals surface area contributed by atoms with Gasteiger partial charge >= 0.3 is 0 Å². The van der Waals surface area contributed by atoms with Crippen LogP contribution in [0.5, 0.6) is 0 Å². The second kappa shape index (κ2) is 8.34. The third kappa shape index (κ3) is 4.62. The van der Waals surface area contributed by atoms with Gasteiger partial charge in [0.15, 0.2) is 0 Å². The Hall–Kier alpha value is -2.37. The number of carbonyl (C=O) groups is 2. The minimum atomic E-state index is -0.156. The molecule has 6 heteroatoms. The van der Waals surface area contributed by atoms with Crippen molar-refractivity contribution in [2.24, 2.45) is 0 Å². The van der Waals surface area contributed by atoms with Gasteiger partial charge in [0.25, 0.3) is 5.91 Å². The van der Waals surface area contributed by atoms with Gasteiger partial charge in [-0.3, -0.25) is 9.59 Å². The van der Waals surface area contributed by atoms with E-state index in [1.165, 1.54) is 0 Å². The number of hydrogen-bond donors (Lipinski definition) is 1. The van der Waals surface area contributed by atoms with E-state index in [0.29, 0.717) is 36.0 Å². The second-order valence-corrected chi connectivity index (χ2v) is 6.79. The summed E-state index contributed by atoms with van der Waals surface area (Å²) in [6.07, 6.45) is 0.221. The van der Waals surface area contributed by atoms with Crippen LogP contribution in [-0.4, -0.2) is 42.5 Å². The predicted octanol–water partition coefficient (Wildman–Crippen LogP) is 3.38. The molecule has 0 saturated carbocycles. The maximum Gasteiger partial charge on any atom is 0.254 e. The lowest BCUT2D eigenvalue weighted by Gasteiger charge is -2.33. The smallest absolute Gasteiger partial charge is 0.254 e. The van der Waals surface area contributed by atoms with Crippen LogP contribution in [0.4, 0.5) is 5.69 Å². The molecule has 0 bridgehead atoms. The standard InChI is InChI=1S/C20H21ClN2O3/c1-14-13-26-9-8-23(14)20(25)16-5-3-7-18(12-16)22-19(24)11-15-4-2-6-17(21)10-15/h2-7,10,12,14H,8-9,11,13H2,1H3,(H,22,24). The molecule has 0 aliphatic carbocycles. The first-order valence-corrected chi connectivity index (χ1v) is 8.94. The van der Waals surface area contributed by atoms with Gasteiger partial charge in [0.2, 0.25) is 5.91 Å². The molecule has 136 valence electrons. The average Bonchev–Trinajstić information content (AvgIpc) is 2.61. The predicted molar refractivity (Wildman–Crippen MR) is 102 cm³/mol. The summed E-state index contributed by atoms with van der Waals surface area (Å²) in [4.78, 5) is 26.8. The number of rotatable bonds is 4. The van der Waals surface area contributed by atoms with Gasteiger partial charge in [-0.25, -0.2) is 0 Å². The van der Waals surface area contributed by atoms with Crippen LogP contribution in [0.2, 0.25) is 5.02 Å². The summed E-state index contributed by atoms with van der Waals surface area (Å²) in [6, 6.07) is 14.3. The first-order chi connectivity index (χ1) is 12.5. The SMILES string of the molecule is CC1COCCN1C(=O)c1cccc(NC(=O)Cc2cccc(Cl)c2)c1. The van der Waals surface area contributed by atoms with Crippen molar-refractivity contribution in [1.82, 2.24) is 4.90 Å². The highest BCUT2D eigenvalue weighted by atomic mass is 35.5. The molecule has 2 amide bonds. The molecule has 1 heterocycles. The summed E-state index contributed by atoms with van der Waals surface area (Å²) < 4.78 is 5.38. The summed E-state index contributed by atoms with van der Waals surface area (Å²) >= 11 is 5.95. The third-order valence-corrected chi connectivity index (χ3v) is 4.51. The number of carbonyl (C=O) groups excluding carboxylic acids is 2. The lowest BCUT2D eigenvalue weighted by atomic mass is 10.1. The molecule has 1 atom stereocenters. The van der Waals surface area contributed by atoms with Crippen LogP contribution in [0, 0.1) is 0 Å². The van der Waals surface area contributed by atoms with Crippen molar-refractivity contribution in [3.63, 3.8) is 0 Å². The Morgan fingerprint density at radius 3 is 2.81 bits per heavy atom. The van der Waals surface area contributed by atoms with Gasteiger partial charge in [-0.1, -0.05) is 29.8 Å². The van der Waals surface area contributed by atoms with Gasteiger partial charge in [0.1, 0.15) is 0 Å². The molecule has 0 radical (unpaired) electrons. The van der Waals surface area contributed by atoms with Crippen molar-refractivity contribution >= 4 is 29.1 Å². The molecule has 0 spiro atoms. The summed E-state index contributed by atoms with van der Waals surface area (Å²) in [6.45, 7) is 3.63. The molecule has 0 aromatic heterocycles. The van der Waals surface area contributed by atoms with Gasteiger partial charge in [0, 0.05) is 22.8 Å². The summed E-state index contributed by atoms with van der Waals surface area (Å²) in [5.74, 6) is -0.205. The Kier molecular flexibility index (Phi) is 5.91. The molecule has 1 saturated heterocycles. The zero-order chi connectivity index (χ0) is 18.5. The lowest BCUT2D eigenvalue weighted by molar-refractivity contribution is -0.115.